The fourth-order valence-corrected chi connectivity index (χ4v) is 5.14. The second-order valence-electron chi connectivity index (χ2n) is 5.74. The van der Waals surface area contributed by atoms with Gasteiger partial charge in [0.2, 0.25) is 0 Å². The van der Waals surface area contributed by atoms with E-state index in [2.05, 4.69) is 12.2 Å². The van der Waals surface area contributed by atoms with Gasteiger partial charge in [-0.3, -0.25) is 0 Å². The maximum atomic E-state index is 12.9. The Morgan fingerprint density at radius 2 is 1.81 bits per heavy atom. The number of rotatable bonds is 5. The first-order valence-corrected chi connectivity index (χ1v) is 9.71. The average molecular weight is 330 g/mol. The molecule has 2 rings (SSSR count). The van der Waals surface area contributed by atoms with Crippen molar-refractivity contribution in [1.29, 1.82) is 0 Å². The van der Waals surface area contributed by atoms with Crippen molar-refractivity contribution in [3.8, 4) is 0 Å². The van der Waals surface area contributed by atoms with E-state index in [9.17, 15) is 8.42 Å². The largest absolute Gasteiger partial charge is 0.313 e. The van der Waals surface area contributed by atoms with Crippen LogP contribution in [0.3, 0.4) is 0 Å². The van der Waals surface area contributed by atoms with Crippen LogP contribution in [0.5, 0.6) is 0 Å². The normalized spacial score (nSPS) is 23.7. The fourth-order valence-electron chi connectivity index (χ4n) is 3.01. The van der Waals surface area contributed by atoms with E-state index in [1.54, 1.807) is 24.3 Å². The Balaban J connectivity index is 2.27. The van der Waals surface area contributed by atoms with Crippen LogP contribution in [0.15, 0.2) is 29.2 Å². The zero-order chi connectivity index (χ0) is 15.3. The summed E-state index contributed by atoms with van der Waals surface area (Å²) < 4.78 is 25.9. The third kappa shape index (κ3) is 4.21. The SMILES string of the molecule is CCCNC1CCCCCC1S(=O)(=O)c1ccc(Cl)cc1. The molecule has 2 atom stereocenters. The van der Waals surface area contributed by atoms with E-state index in [-0.39, 0.29) is 11.3 Å². The van der Waals surface area contributed by atoms with Gasteiger partial charge in [0.15, 0.2) is 9.84 Å². The van der Waals surface area contributed by atoms with Crippen LogP contribution in [0, 0.1) is 0 Å². The second-order valence-corrected chi connectivity index (χ2v) is 8.34. The highest BCUT2D eigenvalue weighted by atomic mass is 35.5. The van der Waals surface area contributed by atoms with Crippen molar-refractivity contribution in [2.45, 2.75) is 61.6 Å². The molecule has 0 aliphatic heterocycles. The minimum Gasteiger partial charge on any atom is -0.313 e. The summed E-state index contributed by atoms with van der Waals surface area (Å²) in [6.07, 6.45) is 5.92. The summed E-state index contributed by atoms with van der Waals surface area (Å²) in [4.78, 5) is 0.391. The molecule has 1 aromatic carbocycles. The Kier molecular flexibility index (Phi) is 6.08. The maximum absolute atomic E-state index is 12.9. The zero-order valence-electron chi connectivity index (χ0n) is 12.5. The lowest BCUT2D eigenvalue weighted by atomic mass is 10.1. The predicted molar refractivity (Wildman–Crippen MR) is 87.6 cm³/mol. The number of benzene rings is 1. The highest BCUT2D eigenvalue weighted by Crippen LogP contribution is 2.29. The molecule has 0 radical (unpaired) electrons. The Morgan fingerprint density at radius 3 is 2.48 bits per heavy atom. The Hall–Kier alpha value is -0.580. The van der Waals surface area contributed by atoms with E-state index in [4.69, 9.17) is 11.6 Å². The van der Waals surface area contributed by atoms with Crippen molar-refractivity contribution in [3.05, 3.63) is 29.3 Å². The number of halogens is 1. The fraction of sp³-hybridized carbons (Fsp3) is 0.625. The monoisotopic (exact) mass is 329 g/mol. The van der Waals surface area contributed by atoms with Gasteiger partial charge in [-0.15, -0.1) is 0 Å². The summed E-state index contributed by atoms with van der Waals surface area (Å²) >= 11 is 5.86. The summed E-state index contributed by atoms with van der Waals surface area (Å²) in [5.74, 6) is 0. The molecule has 1 aliphatic carbocycles. The summed E-state index contributed by atoms with van der Waals surface area (Å²) in [7, 11) is -3.30. The molecule has 0 aromatic heterocycles. The first-order chi connectivity index (χ1) is 10.1. The molecule has 1 saturated carbocycles. The number of hydrogen-bond donors (Lipinski definition) is 1. The van der Waals surface area contributed by atoms with Crippen LogP contribution >= 0.6 is 11.6 Å². The van der Waals surface area contributed by atoms with Gasteiger partial charge < -0.3 is 5.32 Å². The molecule has 2 unspecified atom stereocenters. The van der Waals surface area contributed by atoms with Gasteiger partial charge in [0.25, 0.3) is 0 Å². The van der Waals surface area contributed by atoms with Gasteiger partial charge in [0.1, 0.15) is 0 Å². The lowest BCUT2D eigenvalue weighted by Gasteiger charge is -2.26. The molecule has 1 N–H and O–H groups in total. The number of nitrogens with one attached hydrogen (secondary N) is 1. The lowest BCUT2D eigenvalue weighted by Crippen LogP contribution is -2.43. The van der Waals surface area contributed by atoms with Gasteiger partial charge >= 0.3 is 0 Å². The molecule has 118 valence electrons. The van der Waals surface area contributed by atoms with Crippen molar-refractivity contribution < 1.29 is 8.42 Å². The van der Waals surface area contributed by atoms with E-state index < -0.39 is 9.84 Å². The molecule has 1 fully saturated rings. The van der Waals surface area contributed by atoms with Gasteiger partial charge in [-0.1, -0.05) is 37.8 Å². The van der Waals surface area contributed by atoms with E-state index in [1.807, 2.05) is 0 Å². The van der Waals surface area contributed by atoms with E-state index in [0.29, 0.717) is 9.92 Å². The van der Waals surface area contributed by atoms with Crippen molar-refractivity contribution in [3.63, 3.8) is 0 Å². The van der Waals surface area contributed by atoms with Crippen molar-refractivity contribution in [2.24, 2.45) is 0 Å². The first kappa shape index (κ1) is 16.8. The lowest BCUT2D eigenvalue weighted by molar-refractivity contribution is 0.450. The molecule has 1 aliphatic rings. The van der Waals surface area contributed by atoms with E-state index in [0.717, 1.165) is 45.1 Å². The van der Waals surface area contributed by atoms with Crippen molar-refractivity contribution >= 4 is 21.4 Å². The molecule has 0 heterocycles. The van der Waals surface area contributed by atoms with Crippen molar-refractivity contribution in [2.75, 3.05) is 6.54 Å². The molecule has 21 heavy (non-hydrogen) atoms. The van der Waals surface area contributed by atoms with Crippen LogP contribution < -0.4 is 5.32 Å². The highest BCUT2D eigenvalue weighted by molar-refractivity contribution is 7.92. The molecule has 3 nitrogen and oxygen atoms in total. The summed E-state index contributed by atoms with van der Waals surface area (Å²) in [6.45, 7) is 2.98. The summed E-state index contributed by atoms with van der Waals surface area (Å²) in [5, 5.41) is 3.68. The van der Waals surface area contributed by atoms with E-state index >= 15 is 0 Å². The molecular formula is C16H24ClNO2S. The standard InChI is InChI=1S/C16H24ClNO2S/c1-2-12-18-15-6-4-3-5-7-16(15)21(19,20)14-10-8-13(17)9-11-14/h8-11,15-16,18H,2-7,12H2,1H3. The number of sulfone groups is 1. The topological polar surface area (TPSA) is 46.2 Å². The first-order valence-electron chi connectivity index (χ1n) is 7.78. The van der Waals surface area contributed by atoms with Crippen LogP contribution in [-0.2, 0) is 9.84 Å². The van der Waals surface area contributed by atoms with Gasteiger partial charge in [0, 0.05) is 11.1 Å². The Labute approximate surface area is 133 Å². The summed E-state index contributed by atoms with van der Waals surface area (Å²) in [5.41, 5.74) is 0. The smallest absolute Gasteiger partial charge is 0.182 e. The minimum atomic E-state index is -3.30. The minimum absolute atomic E-state index is 0.0631. The molecule has 0 amide bonds. The second kappa shape index (κ2) is 7.61. The molecule has 0 saturated heterocycles. The Morgan fingerprint density at radius 1 is 1.14 bits per heavy atom. The van der Waals surface area contributed by atoms with Gasteiger partial charge in [-0.25, -0.2) is 8.42 Å². The van der Waals surface area contributed by atoms with Crippen LogP contribution in [0.4, 0.5) is 0 Å². The third-order valence-corrected chi connectivity index (χ3v) is 6.69. The van der Waals surface area contributed by atoms with Crippen LogP contribution in [0.1, 0.15) is 45.4 Å². The third-order valence-electron chi connectivity index (χ3n) is 4.15. The Bertz CT molecular complexity index is 542. The van der Waals surface area contributed by atoms with Crippen LogP contribution in [0.2, 0.25) is 5.02 Å². The molecule has 1 aromatic rings. The van der Waals surface area contributed by atoms with E-state index in [1.165, 1.54) is 0 Å². The average Bonchev–Trinajstić information content (AvgIpc) is 2.71. The van der Waals surface area contributed by atoms with Gasteiger partial charge in [-0.05, 0) is 50.1 Å². The molecule has 0 spiro atoms. The highest BCUT2D eigenvalue weighted by Gasteiger charge is 2.35. The predicted octanol–water partition coefficient (Wildman–Crippen LogP) is 3.81. The van der Waals surface area contributed by atoms with Crippen LogP contribution in [0.25, 0.3) is 0 Å². The van der Waals surface area contributed by atoms with Crippen LogP contribution in [-0.4, -0.2) is 26.3 Å². The number of hydrogen-bond acceptors (Lipinski definition) is 3. The maximum Gasteiger partial charge on any atom is 0.182 e. The van der Waals surface area contributed by atoms with Crippen molar-refractivity contribution in [1.82, 2.24) is 5.32 Å². The molecule has 5 heteroatoms. The van der Waals surface area contributed by atoms with Gasteiger partial charge in [0.05, 0.1) is 10.1 Å². The molecule has 0 bridgehead atoms. The zero-order valence-corrected chi connectivity index (χ0v) is 14.1. The van der Waals surface area contributed by atoms with Gasteiger partial charge in [-0.2, -0.15) is 0 Å². The quantitative estimate of drug-likeness (QED) is 0.835. The summed E-state index contributed by atoms with van der Waals surface area (Å²) in [6, 6.07) is 6.62. The molecular weight excluding hydrogens is 306 g/mol.